The van der Waals surface area contributed by atoms with E-state index in [-0.39, 0.29) is 0 Å². The molecule has 2 heterocycles. The quantitative estimate of drug-likeness (QED) is 0.804. The Kier molecular flexibility index (Phi) is 4.86. The van der Waals surface area contributed by atoms with Gasteiger partial charge in [0.2, 0.25) is 17.8 Å². The molecule has 2 rings (SSSR count). The van der Waals surface area contributed by atoms with E-state index in [0.717, 1.165) is 19.5 Å². The molecule has 0 aromatic carbocycles. The van der Waals surface area contributed by atoms with Gasteiger partial charge in [-0.3, -0.25) is 4.57 Å². The number of hydrogen-bond acceptors (Lipinski definition) is 6. The van der Waals surface area contributed by atoms with Crippen molar-refractivity contribution < 1.29 is 0 Å². The lowest BCUT2D eigenvalue weighted by Gasteiger charge is -2.11. The highest BCUT2D eigenvalue weighted by molar-refractivity contribution is 5.38. The minimum absolute atomic E-state index is 0.524. The molecule has 0 saturated heterocycles. The van der Waals surface area contributed by atoms with Crippen molar-refractivity contribution in [3.05, 3.63) is 18.7 Å². The molecule has 0 aliphatic carbocycles. The Hall–Kier alpha value is -2.18. The maximum Gasteiger partial charge on any atom is 0.241 e. The molecule has 7 nitrogen and oxygen atoms in total. The number of rotatable bonds is 7. The summed E-state index contributed by atoms with van der Waals surface area (Å²) in [6, 6.07) is 0. The molecule has 0 bridgehead atoms. The minimum Gasteiger partial charge on any atom is -0.354 e. The van der Waals surface area contributed by atoms with Gasteiger partial charge in [-0.25, -0.2) is 4.98 Å². The summed E-state index contributed by atoms with van der Waals surface area (Å²) in [6.45, 7) is 8.03. The summed E-state index contributed by atoms with van der Waals surface area (Å²) in [4.78, 5) is 17.2. The predicted octanol–water partition coefficient (Wildman–Crippen LogP) is 1.95. The fourth-order valence-corrected chi connectivity index (χ4v) is 1.55. The highest BCUT2D eigenvalue weighted by atomic mass is 15.3. The summed E-state index contributed by atoms with van der Waals surface area (Å²) in [5.74, 6) is 2.24. The summed E-state index contributed by atoms with van der Waals surface area (Å²) < 4.78 is 1.76. The Morgan fingerprint density at radius 2 is 1.90 bits per heavy atom. The van der Waals surface area contributed by atoms with Crippen molar-refractivity contribution in [2.75, 3.05) is 23.7 Å². The first-order valence-corrected chi connectivity index (χ1v) is 6.91. The number of aromatic nitrogens is 5. The molecular formula is C13H21N7. The van der Waals surface area contributed by atoms with Gasteiger partial charge in [0.1, 0.15) is 6.33 Å². The van der Waals surface area contributed by atoms with Crippen molar-refractivity contribution in [2.24, 2.45) is 5.92 Å². The van der Waals surface area contributed by atoms with Crippen LogP contribution in [0.3, 0.4) is 0 Å². The van der Waals surface area contributed by atoms with Crippen LogP contribution >= 0.6 is 0 Å². The van der Waals surface area contributed by atoms with Crippen LogP contribution in [-0.4, -0.2) is 37.6 Å². The van der Waals surface area contributed by atoms with Crippen LogP contribution in [0.2, 0.25) is 0 Å². The van der Waals surface area contributed by atoms with Crippen LogP contribution in [0.5, 0.6) is 0 Å². The number of imidazole rings is 1. The zero-order valence-electron chi connectivity index (χ0n) is 12.2. The van der Waals surface area contributed by atoms with Crippen molar-refractivity contribution in [3.8, 4) is 5.95 Å². The van der Waals surface area contributed by atoms with Crippen LogP contribution in [-0.2, 0) is 0 Å². The zero-order valence-corrected chi connectivity index (χ0v) is 12.2. The molecule has 0 fully saturated rings. The van der Waals surface area contributed by atoms with Crippen molar-refractivity contribution >= 4 is 11.9 Å². The van der Waals surface area contributed by atoms with Gasteiger partial charge in [-0.1, -0.05) is 20.8 Å². The van der Waals surface area contributed by atoms with Crippen molar-refractivity contribution in [2.45, 2.75) is 27.2 Å². The number of nitrogens with one attached hydrogen (secondary N) is 2. The van der Waals surface area contributed by atoms with Crippen LogP contribution in [0.25, 0.3) is 5.95 Å². The Morgan fingerprint density at radius 3 is 2.50 bits per heavy atom. The Balaban J connectivity index is 2.24. The first kappa shape index (κ1) is 14.2. The van der Waals surface area contributed by atoms with Gasteiger partial charge in [0.05, 0.1) is 0 Å². The van der Waals surface area contributed by atoms with E-state index >= 15 is 0 Å². The molecule has 108 valence electrons. The van der Waals surface area contributed by atoms with E-state index in [1.807, 2.05) is 6.20 Å². The average Bonchev–Trinajstić information content (AvgIpc) is 2.97. The molecule has 0 aliphatic heterocycles. The molecule has 0 atom stereocenters. The third-order valence-corrected chi connectivity index (χ3v) is 2.56. The van der Waals surface area contributed by atoms with Gasteiger partial charge in [-0.05, 0) is 12.3 Å². The first-order valence-electron chi connectivity index (χ1n) is 6.91. The normalized spacial score (nSPS) is 10.8. The summed E-state index contributed by atoms with van der Waals surface area (Å²) in [6.07, 6.45) is 6.20. The number of hydrogen-bond donors (Lipinski definition) is 2. The average molecular weight is 275 g/mol. The molecular weight excluding hydrogens is 254 g/mol. The lowest BCUT2D eigenvalue weighted by molar-refractivity contribution is 0.683. The Bertz CT molecular complexity index is 522. The standard InChI is InChI=1S/C13H21N7/c1-4-5-15-11-17-12(16-8-10(2)3)19-13(18-11)20-7-6-14-9-20/h6-7,9-10H,4-5,8H2,1-3H3,(H2,15,16,17,18,19). The summed E-state index contributed by atoms with van der Waals surface area (Å²) in [5, 5.41) is 6.42. The summed E-state index contributed by atoms with van der Waals surface area (Å²) >= 11 is 0. The molecule has 0 radical (unpaired) electrons. The van der Waals surface area contributed by atoms with E-state index in [9.17, 15) is 0 Å². The maximum atomic E-state index is 4.41. The molecule has 20 heavy (non-hydrogen) atoms. The highest BCUT2D eigenvalue weighted by Crippen LogP contribution is 2.09. The lowest BCUT2D eigenvalue weighted by atomic mass is 10.2. The van der Waals surface area contributed by atoms with Gasteiger partial charge in [0.25, 0.3) is 0 Å². The molecule has 0 aliphatic rings. The first-order chi connectivity index (χ1) is 9.69. The fraction of sp³-hybridized carbons (Fsp3) is 0.538. The summed E-state index contributed by atoms with van der Waals surface area (Å²) in [7, 11) is 0. The van der Waals surface area contributed by atoms with Crippen molar-refractivity contribution in [1.82, 2.24) is 24.5 Å². The van der Waals surface area contributed by atoms with Gasteiger partial charge >= 0.3 is 0 Å². The van der Waals surface area contributed by atoms with Gasteiger partial charge < -0.3 is 10.6 Å². The Labute approximate surface area is 118 Å². The van der Waals surface area contributed by atoms with Gasteiger partial charge in [-0.2, -0.15) is 15.0 Å². The molecule has 2 aromatic heterocycles. The molecule has 0 amide bonds. The van der Waals surface area contributed by atoms with Crippen LogP contribution in [0.4, 0.5) is 11.9 Å². The third kappa shape index (κ3) is 3.91. The second kappa shape index (κ2) is 6.83. The molecule has 7 heteroatoms. The van der Waals surface area contributed by atoms with Gasteiger partial charge in [0.15, 0.2) is 0 Å². The zero-order chi connectivity index (χ0) is 14.4. The molecule has 0 spiro atoms. The molecule has 0 unspecified atom stereocenters. The number of anilines is 2. The van der Waals surface area contributed by atoms with E-state index in [1.54, 1.807) is 17.1 Å². The Morgan fingerprint density at radius 1 is 1.15 bits per heavy atom. The van der Waals surface area contributed by atoms with E-state index in [1.165, 1.54) is 0 Å². The monoisotopic (exact) mass is 275 g/mol. The second-order valence-electron chi connectivity index (χ2n) is 4.95. The largest absolute Gasteiger partial charge is 0.354 e. The fourth-order valence-electron chi connectivity index (χ4n) is 1.55. The second-order valence-corrected chi connectivity index (χ2v) is 4.95. The van der Waals surface area contributed by atoms with Gasteiger partial charge in [-0.15, -0.1) is 0 Å². The maximum absolute atomic E-state index is 4.41. The minimum atomic E-state index is 0.524. The SMILES string of the molecule is CCCNc1nc(NCC(C)C)nc(-n2ccnc2)n1. The highest BCUT2D eigenvalue weighted by Gasteiger charge is 2.08. The van der Waals surface area contributed by atoms with Crippen molar-refractivity contribution in [3.63, 3.8) is 0 Å². The summed E-state index contributed by atoms with van der Waals surface area (Å²) in [5.41, 5.74) is 0. The van der Waals surface area contributed by atoms with Crippen LogP contribution in [0, 0.1) is 5.92 Å². The van der Waals surface area contributed by atoms with Gasteiger partial charge in [0, 0.05) is 25.5 Å². The van der Waals surface area contributed by atoms with Crippen LogP contribution in [0.1, 0.15) is 27.2 Å². The van der Waals surface area contributed by atoms with E-state index in [0.29, 0.717) is 23.8 Å². The van der Waals surface area contributed by atoms with E-state index in [4.69, 9.17) is 0 Å². The third-order valence-electron chi connectivity index (χ3n) is 2.56. The topological polar surface area (TPSA) is 80.5 Å². The predicted molar refractivity (Wildman–Crippen MR) is 79.1 cm³/mol. The molecule has 2 aromatic rings. The van der Waals surface area contributed by atoms with Crippen LogP contribution < -0.4 is 10.6 Å². The molecule has 2 N–H and O–H groups in total. The van der Waals surface area contributed by atoms with E-state index < -0.39 is 0 Å². The number of nitrogens with zero attached hydrogens (tertiary/aromatic N) is 5. The van der Waals surface area contributed by atoms with Crippen LogP contribution in [0.15, 0.2) is 18.7 Å². The smallest absolute Gasteiger partial charge is 0.241 e. The van der Waals surface area contributed by atoms with E-state index in [2.05, 4.69) is 51.3 Å². The lowest BCUT2D eigenvalue weighted by Crippen LogP contribution is -2.15. The molecule has 0 saturated carbocycles. The van der Waals surface area contributed by atoms with Crippen molar-refractivity contribution in [1.29, 1.82) is 0 Å².